The Kier molecular flexibility index (Phi) is 4.21. The molecule has 2 rings (SSSR count). The second kappa shape index (κ2) is 5.71. The van der Waals surface area contributed by atoms with E-state index in [1.807, 2.05) is 12.1 Å². The highest BCUT2D eigenvalue weighted by molar-refractivity contribution is 7.91. The van der Waals surface area contributed by atoms with E-state index in [1.54, 1.807) is 12.1 Å². The van der Waals surface area contributed by atoms with Crippen molar-refractivity contribution in [1.82, 2.24) is 5.32 Å². The predicted octanol–water partition coefficient (Wildman–Crippen LogP) is 0.590. The van der Waals surface area contributed by atoms with Crippen molar-refractivity contribution in [2.75, 3.05) is 11.5 Å². The van der Waals surface area contributed by atoms with Crippen molar-refractivity contribution in [3.05, 3.63) is 35.4 Å². The first kappa shape index (κ1) is 14.0. The molecule has 0 spiro atoms. The van der Waals surface area contributed by atoms with E-state index in [0.29, 0.717) is 13.0 Å². The van der Waals surface area contributed by atoms with Crippen LogP contribution in [0.5, 0.6) is 0 Å². The molecule has 0 bridgehead atoms. The average molecular weight is 283 g/mol. The van der Waals surface area contributed by atoms with Crippen LogP contribution in [0.15, 0.2) is 24.3 Å². The molecule has 0 amide bonds. The Balaban J connectivity index is 1.85. The van der Waals surface area contributed by atoms with Gasteiger partial charge in [-0.3, -0.25) is 4.79 Å². The first-order chi connectivity index (χ1) is 8.94. The van der Waals surface area contributed by atoms with Crippen molar-refractivity contribution < 1.29 is 18.3 Å². The number of sulfone groups is 1. The molecule has 1 fully saturated rings. The molecule has 1 heterocycles. The number of nitrogens with one attached hydrogen (secondary N) is 1. The third-order valence-electron chi connectivity index (χ3n) is 3.21. The van der Waals surface area contributed by atoms with Crippen molar-refractivity contribution in [3.63, 3.8) is 0 Å². The molecule has 1 aromatic carbocycles. The van der Waals surface area contributed by atoms with Crippen molar-refractivity contribution in [2.45, 2.75) is 25.4 Å². The van der Waals surface area contributed by atoms with Gasteiger partial charge in [0.1, 0.15) is 0 Å². The number of carboxylic acid groups (broad SMARTS) is 1. The maximum atomic E-state index is 11.3. The molecule has 0 aromatic heterocycles. The summed E-state index contributed by atoms with van der Waals surface area (Å²) in [4.78, 5) is 10.5. The van der Waals surface area contributed by atoms with E-state index in [2.05, 4.69) is 5.32 Å². The van der Waals surface area contributed by atoms with Crippen LogP contribution in [0.1, 0.15) is 17.5 Å². The summed E-state index contributed by atoms with van der Waals surface area (Å²) in [5.41, 5.74) is 1.79. The predicted molar refractivity (Wildman–Crippen MR) is 71.7 cm³/mol. The number of hydrogen-bond acceptors (Lipinski definition) is 4. The molecule has 19 heavy (non-hydrogen) atoms. The van der Waals surface area contributed by atoms with Gasteiger partial charge in [0.05, 0.1) is 17.9 Å². The van der Waals surface area contributed by atoms with Crippen LogP contribution in [0, 0.1) is 0 Å². The Bertz CT molecular complexity index is 551. The van der Waals surface area contributed by atoms with E-state index in [4.69, 9.17) is 5.11 Å². The largest absolute Gasteiger partial charge is 0.481 e. The van der Waals surface area contributed by atoms with E-state index in [-0.39, 0.29) is 24.0 Å². The Hall–Kier alpha value is -1.40. The summed E-state index contributed by atoms with van der Waals surface area (Å²) in [6.07, 6.45) is 0.689. The van der Waals surface area contributed by atoms with Crippen molar-refractivity contribution in [2.24, 2.45) is 0 Å². The molecule has 1 aliphatic rings. The second-order valence-corrected chi connectivity index (χ2v) is 7.10. The Morgan fingerprint density at radius 2 is 1.89 bits per heavy atom. The van der Waals surface area contributed by atoms with E-state index >= 15 is 0 Å². The summed E-state index contributed by atoms with van der Waals surface area (Å²) in [5, 5.41) is 11.9. The molecular weight excluding hydrogens is 266 g/mol. The summed E-state index contributed by atoms with van der Waals surface area (Å²) in [6.45, 7) is 0.605. The fourth-order valence-corrected chi connectivity index (χ4v) is 3.88. The summed E-state index contributed by atoms with van der Waals surface area (Å²) in [6, 6.07) is 7.35. The lowest BCUT2D eigenvalue weighted by Gasteiger charge is -2.10. The molecule has 5 nitrogen and oxygen atoms in total. The molecular formula is C13H17NO4S. The van der Waals surface area contributed by atoms with Gasteiger partial charge in [-0.15, -0.1) is 0 Å². The lowest BCUT2D eigenvalue weighted by molar-refractivity contribution is -0.136. The minimum atomic E-state index is -2.85. The average Bonchev–Trinajstić information content (AvgIpc) is 2.67. The summed E-state index contributed by atoms with van der Waals surface area (Å²) in [7, 11) is -2.85. The number of aliphatic carboxylic acids is 1. The first-order valence-corrected chi connectivity index (χ1v) is 8.00. The Morgan fingerprint density at radius 1 is 1.26 bits per heavy atom. The van der Waals surface area contributed by atoms with Gasteiger partial charge in [0, 0.05) is 12.6 Å². The SMILES string of the molecule is O=C(O)Cc1ccc(CNC2CCS(=O)(=O)C2)cc1. The smallest absolute Gasteiger partial charge is 0.307 e. The minimum absolute atomic E-state index is 0.0224. The van der Waals surface area contributed by atoms with Gasteiger partial charge in [0.2, 0.25) is 0 Å². The van der Waals surface area contributed by atoms with Crippen LogP contribution < -0.4 is 5.32 Å². The van der Waals surface area contributed by atoms with Crippen LogP contribution in [0.2, 0.25) is 0 Å². The number of rotatable bonds is 5. The summed E-state index contributed by atoms with van der Waals surface area (Å²) >= 11 is 0. The number of benzene rings is 1. The van der Waals surface area contributed by atoms with Crippen LogP contribution >= 0.6 is 0 Å². The van der Waals surface area contributed by atoms with E-state index in [1.165, 1.54) is 0 Å². The molecule has 2 N–H and O–H groups in total. The molecule has 6 heteroatoms. The molecule has 0 aliphatic carbocycles. The van der Waals surface area contributed by atoms with Crippen molar-refractivity contribution >= 4 is 15.8 Å². The van der Waals surface area contributed by atoms with Gasteiger partial charge in [0.15, 0.2) is 9.84 Å². The topological polar surface area (TPSA) is 83.5 Å². The first-order valence-electron chi connectivity index (χ1n) is 6.18. The van der Waals surface area contributed by atoms with Gasteiger partial charge in [-0.1, -0.05) is 24.3 Å². The minimum Gasteiger partial charge on any atom is -0.481 e. The monoisotopic (exact) mass is 283 g/mol. The molecule has 1 aromatic rings. The van der Waals surface area contributed by atoms with Crippen LogP contribution in [0.25, 0.3) is 0 Å². The number of carboxylic acids is 1. The third-order valence-corrected chi connectivity index (χ3v) is 4.97. The zero-order chi connectivity index (χ0) is 13.9. The summed E-state index contributed by atoms with van der Waals surface area (Å²) < 4.78 is 22.6. The molecule has 104 valence electrons. The van der Waals surface area contributed by atoms with Gasteiger partial charge in [-0.05, 0) is 17.5 Å². The fraction of sp³-hybridized carbons (Fsp3) is 0.462. The molecule has 1 aliphatic heterocycles. The molecule has 1 saturated heterocycles. The molecule has 1 atom stereocenters. The molecule has 0 saturated carbocycles. The lowest BCUT2D eigenvalue weighted by Crippen LogP contribution is -2.29. The number of carbonyl (C=O) groups is 1. The van der Waals surface area contributed by atoms with Crippen molar-refractivity contribution in [1.29, 1.82) is 0 Å². The molecule has 1 unspecified atom stereocenters. The number of hydrogen-bond donors (Lipinski definition) is 2. The maximum Gasteiger partial charge on any atom is 0.307 e. The third kappa shape index (κ3) is 4.33. The quantitative estimate of drug-likeness (QED) is 0.826. The normalized spacial score (nSPS) is 21.4. The molecule has 0 radical (unpaired) electrons. The Labute approximate surface area is 112 Å². The highest BCUT2D eigenvalue weighted by Gasteiger charge is 2.27. The standard InChI is InChI=1S/C13H17NO4S/c15-13(16)7-10-1-3-11(4-2-10)8-14-12-5-6-19(17,18)9-12/h1-4,12,14H,5-9H2,(H,15,16). The van der Waals surface area contributed by atoms with Crippen molar-refractivity contribution in [3.8, 4) is 0 Å². The van der Waals surface area contributed by atoms with Gasteiger partial charge in [-0.25, -0.2) is 8.42 Å². The van der Waals surface area contributed by atoms with E-state index in [9.17, 15) is 13.2 Å². The zero-order valence-corrected chi connectivity index (χ0v) is 11.3. The van der Waals surface area contributed by atoms with Crippen LogP contribution in [-0.4, -0.2) is 37.0 Å². The Morgan fingerprint density at radius 3 is 2.42 bits per heavy atom. The lowest BCUT2D eigenvalue weighted by atomic mass is 10.1. The fourth-order valence-electron chi connectivity index (χ4n) is 2.17. The zero-order valence-electron chi connectivity index (χ0n) is 10.5. The highest BCUT2D eigenvalue weighted by Crippen LogP contribution is 2.12. The summed E-state index contributed by atoms with van der Waals surface area (Å²) in [5.74, 6) is -0.367. The van der Waals surface area contributed by atoms with Gasteiger partial charge < -0.3 is 10.4 Å². The van der Waals surface area contributed by atoms with E-state index in [0.717, 1.165) is 11.1 Å². The second-order valence-electron chi connectivity index (χ2n) is 4.87. The highest BCUT2D eigenvalue weighted by atomic mass is 32.2. The van der Waals surface area contributed by atoms with Crippen LogP contribution in [0.3, 0.4) is 0 Å². The van der Waals surface area contributed by atoms with Gasteiger partial charge >= 0.3 is 5.97 Å². The van der Waals surface area contributed by atoms with Gasteiger partial charge in [-0.2, -0.15) is 0 Å². The van der Waals surface area contributed by atoms with Crippen LogP contribution in [-0.2, 0) is 27.6 Å². The van der Waals surface area contributed by atoms with E-state index < -0.39 is 15.8 Å². The van der Waals surface area contributed by atoms with Gasteiger partial charge in [0.25, 0.3) is 0 Å². The van der Waals surface area contributed by atoms with Crippen LogP contribution in [0.4, 0.5) is 0 Å². The maximum absolute atomic E-state index is 11.3.